The van der Waals surface area contributed by atoms with E-state index in [1.807, 2.05) is 13.8 Å². The Morgan fingerprint density at radius 1 is 1.29 bits per heavy atom. The summed E-state index contributed by atoms with van der Waals surface area (Å²) < 4.78 is 45.7. The van der Waals surface area contributed by atoms with Gasteiger partial charge in [0, 0.05) is 0 Å². The summed E-state index contributed by atoms with van der Waals surface area (Å²) in [6.07, 6.45) is 1.51. The summed E-state index contributed by atoms with van der Waals surface area (Å²) >= 11 is 1.18. The molecule has 0 aromatic rings. The van der Waals surface area contributed by atoms with Gasteiger partial charge in [0.15, 0.2) is 0 Å². The molecule has 0 aromatic heterocycles. The molecule has 1 heterocycles. The number of allylic oxidation sites excluding steroid dienone is 2. The van der Waals surface area contributed by atoms with E-state index in [-0.39, 0.29) is 37.1 Å². The van der Waals surface area contributed by atoms with Gasteiger partial charge in [0.25, 0.3) is 0 Å². The molecule has 1 atom stereocenters. The van der Waals surface area contributed by atoms with Crippen LogP contribution in [0.3, 0.4) is 0 Å². The number of hydrogen-bond acceptors (Lipinski definition) is 7. The first-order valence-corrected chi connectivity index (χ1v) is 13.2. The van der Waals surface area contributed by atoms with Gasteiger partial charge < -0.3 is 4.74 Å². The summed E-state index contributed by atoms with van der Waals surface area (Å²) in [7, 11) is 1.60. The zero-order valence-electron chi connectivity index (χ0n) is 21.4. The molecule has 12 heteroatoms. The predicted octanol–water partition coefficient (Wildman–Crippen LogP) is 3.13. The number of carbonyl (C=O) groups excluding carboxylic acids is 2. The molecule has 1 aliphatic heterocycles. The Labute approximate surface area is 211 Å². The summed E-state index contributed by atoms with van der Waals surface area (Å²) in [5.74, 6) is 0.441. The maximum absolute atomic E-state index is 13.6. The van der Waals surface area contributed by atoms with Crippen molar-refractivity contribution in [3.05, 3.63) is 11.6 Å². The SMILES string of the molecule is CCOC(=O)CCNC(=O)C(CC(C)C)N(C)/N=C(\C=C(/C=BSC)C(F)(F)F)CCN1CCC1. The van der Waals surface area contributed by atoms with Gasteiger partial charge in [-0.1, -0.05) is 0 Å². The number of esters is 1. The number of halogens is 3. The van der Waals surface area contributed by atoms with Crippen molar-refractivity contribution in [2.45, 2.75) is 58.7 Å². The second kappa shape index (κ2) is 16.0. The zero-order chi connectivity index (χ0) is 26.4. The Morgan fingerprint density at radius 3 is 2.49 bits per heavy atom. The number of ether oxygens (including phenoxy) is 1. The second-order valence-corrected chi connectivity index (χ2v) is 9.48. The van der Waals surface area contributed by atoms with Gasteiger partial charge in [-0.15, -0.1) is 0 Å². The summed E-state index contributed by atoms with van der Waals surface area (Å²) in [4.78, 5) is 26.6. The maximum atomic E-state index is 13.6. The van der Waals surface area contributed by atoms with E-state index in [2.05, 4.69) is 15.3 Å². The number of nitrogens with zero attached hydrogens (tertiary/aromatic N) is 3. The molecule has 1 aliphatic rings. The fourth-order valence-electron chi connectivity index (χ4n) is 3.36. The van der Waals surface area contributed by atoms with Gasteiger partial charge in [0.2, 0.25) is 0 Å². The van der Waals surface area contributed by atoms with Crippen LogP contribution in [0.4, 0.5) is 13.2 Å². The molecule has 1 rings (SSSR count). The molecular weight excluding hydrogens is 480 g/mol. The van der Waals surface area contributed by atoms with E-state index in [0.717, 1.165) is 31.6 Å². The number of alkyl halides is 3. The summed E-state index contributed by atoms with van der Waals surface area (Å²) in [5.41, 5.74) is -0.535. The van der Waals surface area contributed by atoms with Gasteiger partial charge in [0.05, 0.1) is 6.61 Å². The van der Waals surface area contributed by atoms with Gasteiger partial charge >= 0.3 is 188 Å². The Bertz CT molecular complexity index is 772. The monoisotopic (exact) mass is 518 g/mol. The minimum atomic E-state index is -4.52. The van der Waals surface area contributed by atoms with Crippen LogP contribution in [0.2, 0.25) is 0 Å². The average Bonchev–Trinajstić information content (AvgIpc) is 2.72. The molecule has 1 fully saturated rings. The van der Waals surface area contributed by atoms with E-state index in [9.17, 15) is 22.8 Å². The van der Waals surface area contributed by atoms with Crippen LogP contribution in [0, 0.1) is 5.92 Å². The first-order chi connectivity index (χ1) is 16.5. The quantitative estimate of drug-likeness (QED) is 0.156. The van der Waals surface area contributed by atoms with Crippen LogP contribution in [-0.4, -0.2) is 98.0 Å². The van der Waals surface area contributed by atoms with Crippen molar-refractivity contribution >= 4 is 41.4 Å². The molecule has 0 aliphatic carbocycles. The van der Waals surface area contributed by atoms with Crippen molar-refractivity contribution in [2.75, 3.05) is 46.1 Å². The normalized spacial score (nSPS) is 16.1. The second-order valence-electron chi connectivity index (χ2n) is 8.74. The van der Waals surface area contributed by atoms with E-state index < -0.39 is 23.8 Å². The molecule has 1 saturated heterocycles. The van der Waals surface area contributed by atoms with Gasteiger partial charge in [0.1, 0.15) is 0 Å². The van der Waals surface area contributed by atoms with Crippen molar-refractivity contribution < 1.29 is 27.5 Å². The van der Waals surface area contributed by atoms with E-state index >= 15 is 0 Å². The van der Waals surface area contributed by atoms with Gasteiger partial charge in [-0.05, 0) is 6.92 Å². The number of hydrazone groups is 1. The van der Waals surface area contributed by atoms with Crippen LogP contribution in [0.15, 0.2) is 16.8 Å². The number of carbonyl (C=O) groups is 2. The number of amides is 1. The van der Waals surface area contributed by atoms with Crippen molar-refractivity contribution in [1.29, 1.82) is 0 Å². The number of likely N-dealkylation sites (tertiary alicyclic amines) is 1. The van der Waals surface area contributed by atoms with Crippen LogP contribution >= 0.6 is 11.6 Å². The molecule has 0 spiro atoms. The molecule has 0 aromatic carbocycles. The molecule has 0 radical (unpaired) electrons. The van der Waals surface area contributed by atoms with E-state index in [1.54, 1.807) is 20.2 Å². The Morgan fingerprint density at radius 2 is 1.97 bits per heavy atom. The van der Waals surface area contributed by atoms with E-state index in [4.69, 9.17) is 4.74 Å². The molecule has 1 N–H and O–H groups in total. The molecule has 7 nitrogen and oxygen atoms in total. The Hall–Kier alpha value is -1.82. The third kappa shape index (κ3) is 12.6. The standard InChI is InChI=1S/C23H38BF3N4O3S/c1-6-34-21(32)8-10-28-22(33)20(14-17(2)3)30(4)29-19(9-13-31-11-7-12-31)15-18(16-24-35-5)23(25,26)27/h15-17,20H,6-14H2,1-5H3,(H,28,33)/b18-15+,29-19-. The van der Waals surface area contributed by atoms with Crippen molar-refractivity contribution in [3.8, 4) is 0 Å². The number of nitrogens with one attached hydrogen (secondary N) is 1. The molecule has 35 heavy (non-hydrogen) atoms. The number of hydrogen-bond donors (Lipinski definition) is 1. The first-order valence-electron chi connectivity index (χ1n) is 11.9. The Kier molecular flexibility index (Phi) is 14.3. The average molecular weight is 518 g/mol. The van der Waals surface area contributed by atoms with Crippen LogP contribution < -0.4 is 5.32 Å². The topological polar surface area (TPSA) is 74.2 Å². The Balaban J connectivity index is 3.13. The fraction of sp³-hybridized carbons (Fsp3) is 0.739. The van der Waals surface area contributed by atoms with Crippen molar-refractivity contribution in [2.24, 2.45) is 11.0 Å². The summed E-state index contributed by atoms with van der Waals surface area (Å²) in [5, 5.41) is 8.63. The number of rotatable bonds is 15. The minimum absolute atomic E-state index is 0.0432. The van der Waals surface area contributed by atoms with Crippen LogP contribution in [0.5, 0.6) is 0 Å². The molecule has 198 valence electrons. The summed E-state index contributed by atoms with van der Waals surface area (Å²) in [6, 6.07) is -0.694. The van der Waals surface area contributed by atoms with E-state index in [1.165, 1.54) is 22.8 Å². The van der Waals surface area contributed by atoms with Crippen LogP contribution in [-0.2, 0) is 14.3 Å². The van der Waals surface area contributed by atoms with Gasteiger partial charge in [-0.25, -0.2) is 0 Å². The molecule has 0 bridgehead atoms. The number of likely N-dealkylation sites (N-methyl/N-ethyl adjacent to an activating group) is 1. The van der Waals surface area contributed by atoms with Gasteiger partial charge in [-0.3, -0.25) is 4.79 Å². The third-order valence-electron chi connectivity index (χ3n) is 5.33. The zero-order valence-corrected chi connectivity index (χ0v) is 22.2. The van der Waals surface area contributed by atoms with Gasteiger partial charge in [-0.2, -0.15) is 0 Å². The molecular formula is C23H38BF3N4O3S. The molecule has 1 amide bonds. The third-order valence-corrected chi connectivity index (χ3v) is 5.74. The van der Waals surface area contributed by atoms with E-state index in [0.29, 0.717) is 19.4 Å². The predicted molar refractivity (Wildman–Crippen MR) is 138 cm³/mol. The summed E-state index contributed by atoms with van der Waals surface area (Å²) in [6.45, 7) is 8.43. The van der Waals surface area contributed by atoms with Crippen LogP contribution in [0.25, 0.3) is 0 Å². The van der Waals surface area contributed by atoms with Crippen molar-refractivity contribution in [1.82, 2.24) is 15.2 Å². The first kappa shape index (κ1) is 31.2. The molecule has 0 saturated carbocycles. The molecule has 1 unspecified atom stereocenters. The van der Waals surface area contributed by atoms with Crippen LogP contribution in [0.1, 0.15) is 46.5 Å². The van der Waals surface area contributed by atoms with Crippen molar-refractivity contribution in [3.63, 3.8) is 0 Å². The fourth-order valence-corrected chi connectivity index (χ4v) is 3.64.